The summed E-state index contributed by atoms with van der Waals surface area (Å²) in [6.07, 6.45) is 9.40. The molecule has 5 nitrogen and oxygen atoms in total. The Morgan fingerprint density at radius 1 is 1.30 bits per heavy atom. The zero-order valence-corrected chi connectivity index (χ0v) is 16.1. The fraction of sp³-hybridized carbons (Fsp3) is 0.591. The van der Waals surface area contributed by atoms with E-state index in [4.69, 9.17) is 9.94 Å². The Morgan fingerprint density at radius 2 is 2.07 bits per heavy atom. The lowest BCUT2D eigenvalue weighted by Crippen LogP contribution is -2.31. The number of benzene rings is 1. The number of allylic oxidation sites excluding steroid dienone is 1. The van der Waals surface area contributed by atoms with Crippen LogP contribution in [-0.2, 0) is 4.84 Å². The number of carboxylic acids is 1. The third kappa shape index (κ3) is 4.42. The highest BCUT2D eigenvalue weighted by atomic mass is 16.7. The largest absolute Gasteiger partial charge is 0.478 e. The van der Waals surface area contributed by atoms with Crippen molar-refractivity contribution < 1.29 is 14.7 Å². The lowest BCUT2D eigenvalue weighted by atomic mass is 9.87. The molecule has 2 aliphatic heterocycles. The minimum atomic E-state index is -0.886. The quantitative estimate of drug-likeness (QED) is 0.769. The molecule has 0 aromatic heterocycles. The second-order valence-corrected chi connectivity index (χ2v) is 8.46. The van der Waals surface area contributed by atoms with Crippen LogP contribution in [0.4, 0.5) is 0 Å². The minimum absolute atomic E-state index is 0.0971. The van der Waals surface area contributed by atoms with E-state index in [2.05, 4.69) is 23.4 Å². The maximum absolute atomic E-state index is 11.0. The van der Waals surface area contributed by atoms with Gasteiger partial charge in [0.1, 0.15) is 0 Å². The van der Waals surface area contributed by atoms with Crippen molar-refractivity contribution in [2.45, 2.75) is 57.1 Å². The van der Waals surface area contributed by atoms with Crippen LogP contribution in [0.5, 0.6) is 0 Å². The number of nitrogens with zero attached hydrogens (tertiary/aromatic N) is 1. The molecule has 0 amide bonds. The average Bonchev–Trinajstić information content (AvgIpc) is 3.46. The van der Waals surface area contributed by atoms with E-state index >= 15 is 0 Å². The van der Waals surface area contributed by atoms with Gasteiger partial charge in [0.15, 0.2) is 0 Å². The Labute approximate surface area is 161 Å². The van der Waals surface area contributed by atoms with Gasteiger partial charge in [-0.1, -0.05) is 23.8 Å². The molecule has 2 unspecified atom stereocenters. The third-order valence-electron chi connectivity index (χ3n) is 6.44. The van der Waals surface area contributed by atoms with E-state index in [-0.39, 0.29) is 11.6 Å². The number of hydroxylamine groups is 1. The molecule has 1 aliphatic carbocycles. The van der Waals surface area contributed by atoms with Gasteiger partial charge >= 0.3 is 5.97 Å². The first kappa shape index (κ1) is 18.7. The Balaban J connectivity index is 1.34. The molecule has 1 aromatic carbocycles. The van der Waals surface area contributed by atoms with Crippen LogP contribution >= 0.6 is 0 Å². The highest BCUT2D eigenvalue weighted by Crippen LogP contribution is 2.40. The van der Waals surface area contributed by atoms with E-state index in [9.17, 15) is 4.79 Å². The molecule has 3 aliphatic rings. The lowest BCUT2D eigenvalue weighted by Gasteiger charge is -2.25. The molecular weight excluding hydrogens is 340 g/mol. The molecular formula is C22H30N2O3. The van der Waals surface area contributed by atoms with Crippen LogP contribution in [0.25, 0.3) is 0 Å². The van der Waals surface area contributed by atoms with Crippen molar-refractivity contribution >= 4 is 5.97 Å². The van der Waals surface area contributed by atoms with Crippen LogP contribution in [0.3, 0.4) is 0 Å². The molecule has 5 heteroatoms. The Bertz CT molecular complexity index is 711. The Hall–Kier alpha value is -1.69. The normalized spacial score (nSPS) is 29.8. The lowest BCUT2D eigenvalue weighted by molar-refractivity contribution is -0.0641. The Kier molecular flexibility index (Phi) is 5.35. The zero-order valence-electron chi connectivity index (χ0n) is 16.1. The number of carbonyl (C=O) groups is 1. The first-order valence-electron chi connectivity index (χ1n) is 10.2. The topological polar surface area (TPSA) is 61.8 Å². The van der Waals surface area contributed by atoms with Gasteiger partial charge in [-0.25, -0.2) is 4.79 Å². The van der Waals surface area contributed by atoms with Crippen molar-refractivity contribution in [2.75, 3.05) is 19.6 Å². The predicted molar refractivity (Wildman–Crippen MR) is 104 cm³/mol. The van der Waals surface area contributed by atoms with Gasteiger partial charge in [-0.3, -0.25) is 9.74 Å². The summed E-state index contributed by atoms with van der Waals surface area (Å²) < 4.78 is 0. The van der Waals surface area contributed by atoms with E-state index in [1.165, 1.54) is 12.8 Å². The standard InChI is InChI=1S/C22H30N2O3/c1-16(17-3-4-17)9-13-24-12-2-10-22(11-14-24)15-20(23-27-22)18-5-7-19(8-6-18)21(25)26/h5-9,17,20,23H,2-4,10-15H2,1H3,(H,25,26)/b16-9-. The van der Waals surface area contributed by atoms with Crippen molar-refractivity contribution in [3.8, 4) is 0 Å². The number of nitrogens with one attached hydrogen (secondary N) is 1. The molecule has 146 valence electrons. The summed E-state index contributed by atoms with van der Waals surface area (Å²) in [5, 5.41) is 9.06. The van der Waals surface area contributed by atoms with E-state index in [0.29, 0.717) is 5.56 Å². The van der Waals surface area contributed by atoms with Crippen molar-refractivity contribution in [3.63, 3.8) is 0 Å². The highest BCUT2D eigenvalue weighted by molar-refractivity contribution is 5.87. The van der Waals surface area contributed by atoms with Gasteiger partial charge in [0, 0.05) is 19.5 Å². The van der Waals surface area contributed by atoms with Crippen molar-refractivity contribution in [1.29, 1.82) is 0 Å². The number of hydrogen-bond acceptors (Lipinski definition) is 4. The van der Waals surface area contributed by atoms with Gasteiger partial charge < -0.3 is 5.11 Å². The summed E-state index contributed by atoms with van der Waals surface area (Å²) in [6, 6.07) is 7.29. The number of hydrogen-bond donors (Lipinski definition) is 2. The smallest absolute Gasteiger partial charge is 0.335 e. The molecule has 1 aromatic rings. The van der Waals surface area contributed by atoms with Gasteiger partial charge in [0.05, 0.1) is 17.2 Å². The second kappa shape index (κ2) is 7.74. The van der Waals surface area contributed by atoms with E-state index < -0.39 is 5.97 Å². The summed E-state index contributed by atoms with van der Waals surface area (Å²) in [6.45, 7) is 5.55. The van der Waals surface area contributed by atoms with Crippen LogP contribution in [-0.4, -0.2) is 41.2 Å². The molecule has 0 radical (unpaired) electrons. The SMILES string of the molecule is C/C(=C/CN1CCCC2(CC1)CC(c1ccc(C(=O)O)cc1)NO2)C1CC1. The molecule has 4 rings (SSSR count). The summed E-state index contributed by atoms with van der Waals surface area (Å²) in [5.41, 5.74) is 6.11. The Morgan fingerprint density at radius 3 is 2.78 bits per heavy atom. The first-order chi connectivity index (χ1) is 13.0. The number of carboxylic acid groups (broad SMARTS) is 1. The number of aromatic carboxylic acids is 1. The van der Waals surface area contributed by atoms with E-state index in [0.717, 1.165) is 56.8 Å². The van der Waals surface area contributed by atoms with Gasteiger partial charge in [-0.15, -0.1) is 0 Å². The summed E-state index contributed by atoms with van der Waals surface area (Å²) in [5.74, 6) is -0.0255. The molecule has 27 heavy (non-hydrogen) atoms. The molecule has 2 saturated heterocycles. The van der Waals surface area contributed by atoms with Crippen molar-refractivity contribution in [1.82, 2.24) is 10.4 Å². The van der Waals surface area contributed by atoms with E-state index in [1.807, 2.05) is 12.1 Å². The first-order valence-corrected chi connectivity index (χ1v) is 10.2. The maximum atomic E-state index is 11.0. The third-order valence-corrected chi connectivity index (χ3v) is 6.44. The summed E-state index contributed by atoms with van der Waals surface area (Å²) in [4.78, 5) is 19.7. The van der Waals surface area contributed by atoms with Gasteiger partial charge in [0.25, 0.3) is 0 Å². The highest BCUT2D eigenvalue weighted by Gasteiger charge is 2.42. The molecule has 3 fully saturated rings. The van der Waals surface area contributed by atoms with Gasteiger partial charge in [0.2, 0.25) is 0 Å². The number of rotatable bonds is 5. The maximum Gasteiger partial charge on any atom is 0.335 e. The minimum Gasteiger partial charge on any atom is -0.478 e. The summed E-state index contributed by atoms with van der Waals surface area (Å²) >= 11 is 0. The fourth-order valence-corrected chi connectivity index (χ4v) is 4.39. The zero-order chi connectivity index (χ0) is 18.9. The second-order valence-electron chi connectivity index (χ2n) is 8.46. The number of likely N-dealkylation sites (tertiary alicyclic amines) is 1. The van der Waals surface area contributed by atoms with Crippen molar-refractivity contribution in [3.05, 3.63) is 47.0 Å². The average molecular weight is 370 g/mol. The van der Waals surface area contributed by atoms with Crippen LogP contribution in [0.1, 0.15) is 67.4 Å². The molecule has 1 spiro atoms. The van der Waals surface area contributed by atoms with Crippen LogP contribution in [0.2, 0.25) is 0 Å². The van der Waals surface area contributed by atoms with Gasteiger partial charge in [-0.2, -0.15) is 5.48 Å². The van der Waals surface area contributed by atoms with E-state index in [1.54, 1.807) is 17.7 Å². The van der Waals surface area contributed by atoms with Gasteiger partial charge in [-0.05, 0) is 69.2 Å². The van der Waals surface area contributed by atoms with Crippen LogP contribution in [0.15, 0.2) is 35.9 Å². The molecule has 2 heterocycles. The summed E-state index contributed by atoms with van der Waals surface area (Å²) in [7, 11) is 0. The van der Waals surface area contributed by atoms with Crippen molar-refractivity contribution in [2.24, 2.45) is 5.92 Å². The monoisotopic (exact) mass is 370 g/mol. The van der Waals surface area contributed by atoms with Crippen LogP contribution in [0, 0.1) is 5.92 Å². The molecule has 2 N–H and O–H groups in total. The molecule has 1 saturated carbocycles. The predicted octanol–water partition coefficient (Wildman–Crippen LogP) is 3.93. The fourth-order valence-electron chi connectivity index (χ4n) is 4.39. The molecule has 2 atom stereocenters. The molecule has 0 bridgehead atoms. The van der Waals surface area contributed by atoms with Crippen LogP contribution < -0.4 is 5.48 Å².